The number of piperazine rings is 1. The second-order valence-corrected chi connectivity index (χ2v) is 9.28. The van der Waals surface area contributed by atoms with Crippen LogP contribution in [0.15, 0.2) is 28.7 Å². The number of ether oxygens (including phenoxy) is 2. The number of aryl methyl sites for hydroxylation is 1. The van der Waals surface area contributed by atoms with Crippen molar-refractivity contribution in [3.8, 4) is 23.1 Å². The molecule has 2 aromatic heterocycles. The Labute approximate surface area is 206 Å². The fourth-order valence-electron chi connectivity index (χ4n) is 4.74. The molecule has 0 unspecified atom stereocenters. The zero-order valence-electron chi connectivity index (χ0n) is 20.8. The minimum absolute atomic E-state index is 0.554. The highest BCUT2D eigenvalue weighted by Crippen LogP contribution is 2.36. The highest BCUT2D eigenvalue weighted by Gasteiger charge is 2.18. The van der Waals surface area contributed by atoms with Crippen LogP contribution in [0.3, 0.4) is 0 Å². The average Bonchev–Trinajstić information content (AvgIpc) is 3.57. The summed E-state index contributed by atoms with van der Waals surface area (Å²) in [6.07, 6.45) is 3.60. The van der Waals surface area contributed by atoms with Crippen LogP contribution in [0.4, 0.5) is 5.82 Å². The maximum atomic E-state index is 6.17. The zero-order chi connectivity index (χ0) is 24.0. The minimum atomic E-state index is 0.554. The van der Waals surface area contributed by atoms with Crippen molar-refractivity contribution in [1.29, 1.82) is 0 Å². The number of nitrogens with one attached hydrogen (secondary N) is 2. The van der Waals surface area contributed by atoms with Crippen LogP contribution >= 0.6 is 0 Å². The van der Waals surface area contributed by atoms with Gasteiger partial charge in [-0.15, -0.1) is 0 Å². The zero-order valence-corrected chi connectivity index (χ0v) is 20.8. The standard InChI is InChI=1S/C26H36N6O3/c1-19-6-7-22(35-19)26-29-21-17-24(34-15-5-12-31-10-3-4-11-31)23(33-2)16-20(21)25(30-26)28-18-32-13-8-27-9-14-32/h6-7,16-17,27H,3-5,8-15,18H2,1-2H3,(H,28,29,30). The number of likely N-dealkylation sites (tertiary alicyclic amines) is 1. The smallest absolute Gasteiger partial charge is 0.198 e. The summed E-state index contributed by atoms with van der Waals surface area (Å²) >= 11 is 0. The molecule has 0 radical (unpaired) electrons. The van der Waals surface area contributed by atoms with Gasteiger partial charge in [-0.25, -0.2) is 9.97 Å². The molecule has 35 heavy (non-hydrogen) atoms. The molecule has 9 nitrogen and oxygen atoms in total. The van der Waals surface area contributed by atoms with Gasteiger partial charge in [-0.1, -0.05) is 0 Å². The number of methoxy groups -OCH3 is 1. The molecule has 2 N–H and O–H groups in total. The van der Waals surface area contributed by atoms with Crippen LogP contribution in [0.25, 0.3) is 22.5 Å². The SMILES string of the molecule is COc1cc2c(NCN3CCNCC3)nc(-c3ccc(C)o3)nc2cc1OCCCN1CCCC1. The molecule has 3 aromatic rings. The van der Waals surface area contributed by atoms with Gasteiger partial charge >= 0.3 is 0 Å². The fourth-order valence-corrected chi connectivity index (χ4v) is 4.74. The molecule has 0 spiro atoms. The topological polar surface area (TPSA) is 87.9 Å². The Bertz CT molecular complexity index is 1120. The molecule has 0 aliphatic carbocycles. The van der Waals surface area contributed by atoms with Crippen LogP contribution in [0.2, 0.25) is 0 Å². The molecule has 5 rings (SSSR count). The lowest BCUT2D eigenvalue weighted by Gasteiger charge is -2.27. The van der Waals surface area contributed by atoms with E-state index in [0.717, 1.165) is 61.6 Å². The van der Waals surface area contributed by atoms with E-state index in [4.69, 9.17) is 23.9 Å². The van der Waals surface area contributed by atoms with Gasteiger partial charge in [0.15, 0.2) is 23.1 Å². The first-order valence-electron chi connectivity index (χ1n) is 12.7. The monoisotopic (exact) mass is 480 g/mol. The van der Waals surface area contributed by atoms with E-state index in [0.29, 0.717) is 36.4 Å². The van der Waals surface area contributed by atoms with Gasteiger partial charge in [0.1, 0.15) is 11.6 Å². The van der Waals surface area contributed by atoms with E-state index in [-0.39, 0.29) is 0 Å². The lowest BCUT2D eigenvalue weighted by Crippen LogP contribution is -2.45. The van der Waals surface area contributed by atoms with E-state index in [9.17, 15) is 0 Å². The summed E-state index contributed by atoms with van der Waals surface area (Å²) in [6.45, 7) is 10.7. The summed E-state index contributed by atoms with van der Waals surface area (Å²) in [5.74, 6) is 4.19. The van der Waals surface area contributed by atoms with Crippen LogP contribution in [-0.2, 0) is 0 Å². The highest BCUT2D eigenvalue weighted by atomic mass is 16.5. The number of nitrogens with zero attached hydrogens (tertiary/aromatic N) is 4. The van der Waals surface area contributed by atoms with E-state index < -0.39 is 0 Å². The van der Waals surface area contributed by atoms with Crippen LogP contribution in [0, 0.1) is 6.92 Å². The Balaban J connectivity index is 1.40. The predicted octanol–water partition coefficient (Wildman–Crippen LogP) is 3.35. The highest BCUT2D eigenvalue weighted by molar-refractivity contribution is 5.93. The predicted molar refractivity (Wildman–Crippen MR) is 137 cm³/mol. The third kappa shape index (κ3) is 5.86. The van der Waals surface area contributed by atoms with Gasteiger partial charge in [-0.2, -0.15) is 0 Å². The molecule has 188 valence electrons. The van der Waals surface area contributed by atoms with Crippen molar-refractivity contribution < 1.29 is 13.9 Å². The summed E-state index contributed by atoms with van der Waals surface area (Å²) < 4.78 is 17.7. The normalized spacial score (nSPS) is 17.2. The summed E-state index contributed by atoms with van der Waals surface area (Å²) in [7, 11) is 1.67. The number of aromatic nitrogens is 2. The Hall–Kier alpha value is -2.88. The van der Waals surface area contributed by atoms with Gasteiger partial charge in [0.05, 0.1) is 25.9 Å². The van der Waals surface area contributed by atoms with E-state index in [1.54, 1.807) is 7.11 Å². The number of fused-ring (bicyclic) bond motifs is 1. The Kier molecular flexibility index (Phi) is 7.66. The first-order chi connectivity index (χ1) is 17.2. The van der Waals surface area contributed by atoms with Gasteiger partial charge in [-0.05, 0) is 57.5 Å². The molecule has 2 fully saturated rings. The summed E-state index contributed by atoms with van der Waals surface area (Å²) in [6, 6.07) is 7.78. The molecular formula is C26H36N6O3. The molecular weight excluding hydrogens is 444 g/mol. The van der Waals surface area contributed by atoms with E-state index >= 15 is 0 Å². The molecule has 0 bridgehead atoms. The largest absolute Gasteiger partial charge is 0.493 e. The van der Waals surface area contributed by atoms with Crippen molar-refractivity contribution in [2.24, 2.45) is 0 Å². The Morgan fingerprint density at radius 3 is 2.60 bits per heavy atom. The molecule has 0 saturated carbocycles. The van der Waals surface area contributed by atoms with Gasteiger partial charge in [0.2, 0.25) is 0 Å². The van der Waals surface area contributed by atoms with Crippen molar-refractivity contribution >= 4 is 16.7 Å². The van der Waals surface area contributed by atoms with Crippen molar-refractivity contribution in [3.63, 3.8) is 0 Å². The first-order valence-corrected chi connectivity index (χ1v) is 12.7. The number of hydrogen-bond acceptors (Lipinski definition) is 9. The van der Waals surface area contributed by atoms with Crippen LogP contribution in [0.1, 0.15) is 25.0 Å². The Morgan fingerprint density at radius 1 is 1.03 bits per heavy atom. The van der Waals surface area contributed by atoms with Crippen molar-refractivity contribution in [2.75, 3.05) is 71.5 Å². The van der Waals surface area contributed by atoms with E-state index in [1.165, 1.54) is 25.9 Å². The molecule has 0 amide bonds. The van der Waals surface area contributed by atoms with Gasteiger partial charge in [0.25, 0.3) is 0 Å². The van der Waals surface area contributed by atoms with Crippen LogP contribution in [0.5, 0.6) is 11.5 Å². The molecule has 9 heteroatoms. The van der Waals surface area contributed by atoms with Gasteiger partial charge < -0.3 is 29.4 Å². The van der Waals surface area contributed by atoms with Crippen LogP contribution in [-0.4, -0.2) is 86.0 Å². The summed E-state index contributed by atoms with van der Waals surface area (Å²) in [5.41, 5.74) is 0.794. The van der Waals surface area contributed by atoms with Gasteiger partial charge in [-0.3, -0.25) is 4.90 Å². The lowest BCUT2D eigenvalue weighted by molar-refractivity contribution is 0.254. The molecule has 2 saturated heterocycles. The maximum absolute atomic E-state index is 6.17. The second-order valence-electron chi connectivity index (χ2n) is 9.28. The lowest BCUT2D eigenvalue weighted by atomic mass is 10.2. The number of benzene rings is 1. The third-order valence-corrected chi connectivity index (χ3v) is 6.70. The summed E-state index contributed by atoms with van der Waals surface area (Å²) in [4.78, 5) is 14.5. The van der Waals surface area contributed by atoms with E-state index in [1.807, 2.05) is 31.2 Å². The minimum Gasteiger partial charge on any atom is -0.493 e. The van der Waals surface area contributed by atoms with Crippen molar-refractivity contribution in [2.45, 2.75) is 26.2 Å². The quantitative estimate of drug-likeness (QED) is 0.424. The number of rotatable bonds is 10. The molecule has 1 aromatic carbocycles. The molecule has 0 atom stereocenters. The summed E-state index contributed by atoms with van der Waals surface area (Å²) in [5, 5.41) is 7.82. The van der Waals surface area contributed by atoms with Crippen molar-refractivity contribution in [1.82, 2.24) is 25.1 Å². The molecule has 4 heterocycles. The number of furan rings is 1. The second kappa shape index (κ2) is 11.2. The van der Waals surface area contributed by atoms with E-state index in [2.05, 4.69) is 20.4 Å². The van der Waals surface area contributed by atoms with Crippen LogP contribution < -0.4 is 20.1 Å². The number of hydrogen-bond donors (Lipinski definition) is 2. The molecule has 2 aliphatic rings. The Morgan fingerprint density at radius 2 is 1.86 bits per heavy atom. The maximum Gasteiger partial charge on any atom is 0.198 e. The first kappa shape index (κ1) is 23.8. The number of anilines is 1. The van der Waals surface area contributed by atoms with Gasteiger partial charge in [0, 0.05) is 44.2 Å². The van der Waals surface area contributed by atoms with Crippen molar-refractivity contribution in [3.05, 3.63) is 30.0 Å². The average molecular weight is 481 g/mol. The molecule has 2 aliphatic heterocycles. The third-order valence-electron chi connectivity index (χ3n) is 6.70. The fraction of sp³-hybridized carbons (Fsp3) is 0.538.